The maximum absolute atomic E-state index is 5.43. The van der Waals surface area contributed by atoms with Crippen LogP contribution in [0.25, 0.3) is 0 Å². The highest BCUT2D eigenvalue weighted by Crippen LogP contribution is 2.24. The Balaban J connectivity index is 1.56. The molecule has 1 atom stereocenters. The van der Waals surface area contributed by atoms with Gasteiger partial charge in [0.05, 0.1) is 6.10 Å². The number of benzene rings is 1. The van der Waals surface area contributed by atoms with Crippen molar-refractivity contribution in [1.29, 1.82) is 0 Å². The SMILES string of the molecule is COC1CCN(Cc2ccc(CNC3CC3)cc2Br)C1. The van der Waals surface area contributed by atoms with Gasteiger partial charge in [-0.1, -0.05) is 28.1 Å². The summed E-state index contributed by atoms with van der Waals surface area (Å²) in [4.78, 5) is 2.47. The van der Waals surface area contributed by atoms with Gasteiger partial charge in [-0.15, -0.1) is 0 Å². The number of ether oxygens (including phenoxy) is 1. The van der Waals surface area contributed by atoms with E-state index in [1.807, 2.05) is 7.11 Å². The Hall–Kier alpha value is -0.420. The molecule has 2 fully saturated rings. The Morgan fingerprint density at radius 2 is 2.20 bits per heavy atom. The molecule has 2 aliphatic rings. The van der Waals surface area contributed by atoms with Crippen molar-refractivity contribution in [3.63, 3.8) is 0 Å². The average molecular weight is 339 g/mol. The van der Waals surface area contributed by atoms with Crippen molar-refractivity contribution in [3.05, 3.63) is 33.8 Å². The van der Waals surface area contributed by atoms with Gasteiger partial charge in [0.1, 0.15) is 0 Å². The van der Waals surface area contributed by atoms with Crippen molar-refractivity contribution in [2.75, 3.05) is 20.2 Å². The zero-order chi connectivity index (χ0) is 13.9. The van der Waals surface area contributed by atoms with Crippen LogP contribution in [-0.2, 0) is 17.8 Å². The minimum Gasteiger partial charge on any atom is -0.380 e. The third kappa shape index (κ3) is 3.82. The van der Waals surface area contributed by atoms with Gasteiger partial charge in [-0.2, -0.15) is 0 Å². The van der Waals surface area contributed by atoms with E-state index in [1.54, 1.807) is 0 Å². The van der Waals surface area contributed by atoms with Crippen LogP contribution in [0.4, 0.5) is 0 Å². The highest BCUT2D eigenvalue weighted by molar-refractivity contribution is 9.10. The molecule has 0 radical (unpaired) electrons. The first-order valence-electron chi connectivity index (χ1n) is 7.50. The fourth-order valence-corrected chi connectivity index (χ4v) is 3.30. The van der Waals surface area contributed by atoms with Crippen molar-refractivity contribution in [3.8, 4) is 0 Å². The van der Waals surface area contributed by atoms with Gasteiger partial charge in [0.25, 0.3) is 0 Å². The fraction of sp³-hybridized carbons (Fsp3) is 0.625. The minimum absolute atomic E-state index is 0.413. The van der Waals surface area contributed by atoms with E-state index < -0.39 is 0 Å². The largest absolute Gasteiger partial charge is 0.380 e. The number of halogens is 1. The summed E-state index contributed by atoms with van der Waals surface area (Å²) in [5, 5.41) is 3.56. The molecule has 4 heteroatoms. The molecular formula is C16H23BrN2O. The average Bonchev–Trinajstić information content (AvgIpc) is 3.17. The topological polar surface area (TPSA) is 24.5 Å². The molecule has 0 bridgehead atoms. The van der Waals surface area contributed by atoms with Crippen LogP contribution in [0.3, 0.4) is 0 Å². The van der Waals surface area contributed by atoms with Gasteiger partial charge in [0.15, 0.2) is 0 Å². The van der Waals surface area contributed by atoms with Crippen LogP contribution in [-0.4, -0.2) is 37.2 Å². The predicted molar refractivity (Wildman–Crippen MR) is 84.7 cm³/mol. The first kappa shape index (κ1) is 14.5. The fourth-order valence-electron chi connectivity index (χ4n) is 2.75. The second-order valence-corrected chi connectivity index (χ2v) is 6.82. The maximum atomic E-state index is 5.43. The van der Waals surface area contributed by atoms with E-state index >= 15 is 0 Å². The van der Waals surface area contributed by atoms with Gasteiger partial charge in [0, 0.05) is 43.8 Å². The molecule has 20 heavy (non-hydrogen) atoms. The van der Waals surface area contributed by atoms with Crippen LogP contribution in [0.1, 0.15) is 30.4 Å². The molecule has 3 nitrogen and oxygen atoms in total. The van der Waals surface area contributed by atoms with Crippen molar-refractivity contribution in [1.82, 2.24) is 10.2 Å². The Bertz CT molecular complexity index is 462. The maximum Gasteiger partial charge on any atom is 0.0710 e. The molecule has 1 saturated heterocycles. The number of methoxy groups -OCH3 is 1. The molecule has 0 amide bonds. The Morgan fingerprint density at radius 3 is 2.85 bits per heavy atom. The van der Waals surface area contributed by atoms with Crippen LogP contribution in [0, 0.1) is 0 Å². The van der Waals surface area contributed by atoms with Crippen molar-refractivity contribution in [2.24, 2.45) is 0 Å². The van der Waals surface area contributed by atoms with Crippen LogP contribution in [0.15, 0.2) is 22.7 Å². The van der Waals surface area contributed by atoms with E-state index in [0.717, 1.165) is 38.6 Å². The zero-order valence-corrected chi connectivity index (χ0v) is 13.7. The van der Waals surface area contributed by atoms with E-state index in [9.17, 15) is 0 Å². The smallest absolute Gasteiger partial charge is 0.0710 e. The molecule has 0 aromatic heterocycles. The van der Waals surface area contributed by atoms with E-state index in [-0.39, 0.29) is 0 Å². The quantitative estimate of drug-likeness (QED) is 0.863. The number of hydrogen-bond acceptors (Lipinski definition) is 3. The van der Waals surface area contributed by atoms with Gasteiger partial charge in [-0.25, -0.2) is 0 Å². The van der Waals surface area contributed by atoms with Crippen molar-refractivity contribution >= 4 is 15.9 Å². The first-order valence-corrected chi connectivity index (χ1v) is 8.29. The lowest BCUT2D eigenvalue weighted by atomic mass is 10.1. The summed E-state index contributed by atoms with van der Waals surface area (Å²) in [6.07, 6.45) is 4.25. The molecule has 110 valence electrons. The van der Waals surface area contributed by atoms with Gasteiger partial charge in [0.2, 0.25) is 0 Å². The summed E-state index contributed by atoms with van der Waals surface area (Å²) in [5.41, 5.74) is 2.74. The van der Waals surface area contributed by atoms with Crippen molar-refractivity contribution < 1.29 is 4.74 Å². The zero-order valence-electron chi connectivity index (χ0n) is 12.1. The monoisotopic (exact) mass is 338 g/mol. The van der Waals surface area contributed by atoms with E-state index in [1.165, 1.54) is 28.4 Å². The summed E-state index contributed by atoms with van der Waals surface area (Å²) in [7, 11) is 1.81. The van der Waals surface area contributed by atoms with Crippen LogP contribution < -0.4 is 5.32 Å². The molecular weight excluding hydrogens is 316 g/mol. The van der Waals surface area contributed by atoms with Crippen molar-refractivity contribution in [2.45, 2.75) is 44.5 Å². The lowest BCUT2D eigenvalue weighted by Gasteiger charge is -2.17. The summed E-state index contributed by atoms with van der Waals surface area (Å²) in [6, 6.07) is 7.53. The molecule has 1 heterocycles. The van der Waals surface area contributed by atoms with Crippen LogP contribution >= 0.6 is 15.9 Å². The molecule has 1 aromatic rings. The number of likely N-dealkylation sites (tertiary alicyclic amines) is 1. The molecule has 1 unspecified atom stereocenters. The lowest BCUT2D eigenvalue weighted by molar-refractivity contribution is 0.107. The Morgan fingerprint density at radius 1 is 1.35 bits per heavy atom. The van der Waals surface area contributed by atoms with E-state index in [0.29, 0.717) is 6.10 Å². The van der Waals surface area contributed by atoms with E-state index in [2.05, 4.69) is 44.3 Å². The number of rotatable bonds is 6. The number of nitrogens with zero attached hydrogens (tertiary/aromatic N) is 1. The number of nitrogens with one attached hydrogen (secondary N) is 1. The highest BCUT2D eigenvalue weighted by Gasteiger charge is 2.22. The molecule has 0 spiro atoms. The molecule has 1 aromatic carbocycles. The third-order valence-electron chi connectivity index (χ3n) is 4.25. The molecule has 1 saturated carbocycles. The summed E-state index contributed by atoms with van der Waals surface area (Å²) >= 11 is 3.72. The van der Waals surface area contributed by atoms with Crippen LogP contribution in [0.2, 0.25) is 0 Å². The minimum atomic E-state index is 0.413. The van der Waals surface area contributed by atoms with Gasteiger partial charge >= 0.3 is 0 Å². The lowest BCUT2D eigenvalue weighted by Crippen LogP contribution is -2.22. The Labute approximate surface area is 129 Å². The molecule has 3 rings (SSSR count). The second kappa shape index (κ2) is 6.56. The molecule has 1 aliphatic carbocycles. The first-order chi connectivity index (χ1) is 9.74. The highest BCUT2D eigenvalue weighted by atomic mass is 79.9. The standard InChI is InChI=1S/C16H23BrN2O/c1-20-15-6-7-19(11-15)10-13-3-2-12(8-16(13)17)9-18-14-4-5-14/h2-3,8,14-15,18H,4-7,9-11H2,1H3. The van der Waals surface area contributed by atoms with E-state index in [4.69, 9.17) is 4.74 Å². The second-order valence-electron chi connectivity index (χ2n) is 5.96. The Kier molecular flexibility index (Phi) is 4.76. The summed E-state index contributed by atoms with van der Waals surface area (Å²) in [5.74, 6) is 0. The summed E-state index contributed by atoms with van der Waals surface area (Å²) in [6.45, 7) is 4.18. The molecule has 1 N–H and O–H groups in total. The normalized spacial score (nSPS) is 23.4. The third-order valence-corrected chi connectivity index (χ3v) is 4.98. The summed E-state index contributed by atoms with van der Waals surface area (Å²) < 4.78 is 6.66. The van der Waals surface area contributed by atoms with Crippen LogP contribution in [0.5, 0.6) is 0 Å². The predicted octanol–water partition coefficient (Wildman–Crippen LogP) is 2.92. The number of hydrogen-bond donors (Lipinski definition) is 1. The van der Waals surface area contributed by atoms with Gasteiger partial charge < -0.3 is 10.1 Å². The molecule has 1 aliphatic heterocycles. The van der Waals surface area contributed by atoms with Gasteiger partial charge in [-0.3, -0.25) is 4.90 Å². The van der Waals surface area contributed by atoms with Gasteiger partial charge in [-0.05, 0) is 36.5 Å².